The minimum atomic E-state index is -1.25. The van der Waals surface area contributed by atoms with E-state index in [9.17, 15) is 4.79 Å². The lowest BCUT2D eigenvalue weighted by Crippen LogP contribution is -2.01. The number of carbonyl (C=O) groups is 1. The summed E-state index contributed by atoms with van der Waals surface area (Å²) in [5.41, 5.74) is 0.694. The van der Waals surface area contributed by atoms with Crippen LogP contribution < -0.4 is 9.47 Å². The second kappa shape index (κ2) is 5.73. The zero-order chi connectivity index (χ0) is 13.7. The van der Waals surface area contributed by atoms with Gasteiger partial charge in [0.25, 0.3) is 0 Å². The maximum Gasteiger partial charge on any atom is 0.346 e. The van der Waals surface area contributed by atoms with Crippen molar-refractivity contribution in [3.05, 3.63) is 29.3 Å². The highest BCUT2D eigenvalue weighted by molar-refractivity contribution is 6.00. The van der Waals surface area contributed by atoms with Crippen molar-refractivity contribution in [2.24, 2.45) is 0 Å². The largest absolute Gasteiger partial charge is 0.493 e. The number of nitriles is 1. The van der Waals surface area contributed by atoms with E-state index in [1.807, 2.05) is 0 Å². The first-order valence-corrected chi connectivity index (χ1v) is 5.11. The minimum Gasteiger partial charge on any atom is -0.493 e. The molecule has 0 bridgehead atoms. The summed E-state index contributed by atoms with van der Waals surface area (Å²) in [6.07, 6.45) is 0. The Morgan fingerprint density at radius 1 is 1.28 bits per heavy atom. The van der Waals surface area contributed by atoms with Crippen LogP contribution in [0.1, 0.15) is 12.5 Å². The first-order chi connectivity index (χ1) is 8.54. The monoisotopic (exact) mass is 247 g/mol. The summed E-state index contributed by atoms with van der Waals surface area (Å²) in [7, 11) is 3.00. The van der Waals surface area contributed by atoms with Crippen molar-refractivity contribution in [3.8, 4) is 17.6 Å². The van der Waals surface area contributed by atoms with Gasteiger partial charge in [0.2, 0.25) is 0 Å². The smallest absolute Gasteiger partial charge is 0.346 e. The molecule has 0 amide bonds. The van der Waals surface area contributed by atoms with Crippen LogP contribution in [0.4, 0.5) is 0 Å². The van der Waals surface area contributed by atoms with Gasteiger partial charge < -0.3 is 14.6 Å². The molecule has 1 aromatic carbocycles. The molecule has 18 heavy (non-hydrogen) atoms. The fraction of sp³-hybridized carbons (Fsp3) is 0.231. The van der Waals surface area contributed by atoms with Gasteiger partial charge in [0.1, 0.15) is 11.6 Å². The summed E-state index contributed by atoms with van der Waals surface area (Å²) in [4.78, 5) is 10.9. The Morgan fingerprint density at radius 3 is 2.33 bits per heavy atom. The summed E-state index contributed by atoms with van der Waals surface area (Å²) < 4.78 is 10.2. The third-order valence-electron chi connectivity index (χ3n) is 2.52. The van der Waals surface area contributed by atoms with Gasteiger partial charge in [-0.05, 0) is 30.2 Å². The zero-order valence-corrected chi connectivity index (χ0v) is 10.4. The number of allylic oxidation sites excluding steroid dienone is 1. The van der Waals surface area contributed by atoms with E-state index < -0.39 is 5.97 Å². The van der Waals surface area contributed by atoms with E-state index in [2.05, 4.69) is 0 Å². The lowest BCUT2D eigenvalue weighted by molar-refractivity contribution is -0.132. The fourth-order valence-corrected chi connectivity index (χ4v) is 1.51. The van der Waals surface area contributed by atoms with Gasteiger partial charge >= 0.3 is 5.97 Å². The second-order valence-corrected chi connectivity index (χ2v) is 3.49. The average Bonchev–Trinajstić information content (AvgIpc) is 2.38. The van der Waals surface area contributed by atoms with Gasteiger partial charge in [0.05, 0.1) is 14.2 Å². The number of methoxy groups -OCH3 is 2. The van der Waals surface area contributed by atoms with E-state index in [1.165, 1.54) is 14.2 Å². The highest BCUT2D eigenvalue weighted by Gasteiger charge is 2.13. The lowest BCUT2D eigenvalue weighted by Gasteiger charge is -2.10. The second-order valence-electron chi connectivity index (χ2n) is 3.49. The molecule has 5 nitrogen and oxygen atoms in total. The topological polar surface area (TPSA) is 79.5 Å². The molecule has 0 saturated heterocycles. The molecule has 0 heterocycles. The molecule has 0 atom stereocenters. The van der Waals surface area contributed by atoms with Crippen molar-refractivity contribution in [2.75, 3.05) is 14.2 Å². The van der Waals surface area contributed by atoms with Crippen LogP contribution in [0.25, 0.3) is 5.57 Å². The number of ether oxygens (including phenoxy) is 2. The third kappa shape index (κ3) is 2.61. The standard InChI is InChI=1S/C13H13NO4/c1-8(10(7-14)13(15)16)9-4-5-11(17-2)12(6-9)18-3/h4-6H,1-3H3,(H,15,16). The van der Waals surface area contributed by atoms with Crippen LogP contribution in [0.3, 0.4) is 0 Å². The molecule has 0 fully saturated rings. The molecule has 0 spiro atoms. The third-order valence-corrected chi connectivity index (χ3v) is 2.52. The number of benzene rings is 1. The minimum absolute atomic E-state index is 0.290. The van der Waals surface area contributed by atoms with Crippen molar-refractivity contribution < 1.29 is 19.4 Å². The van der Waals surface area contributed by atoms with Crippen molar-refractivity contribution in [3.63, 3.8) is 0 Å². The molecule has 0 radical (unpaired) electrons. The number of carboxylic acids is 1. The molecule has 0 saturated carbocycles. The van der Waals surface area contributed by atoms with Crippen molar-refractivity contribution in [1.29, 1.82) is 5.26 Å². The van der Waals surface area contributed by atoms with Crippen LogP contribution >= 0.6 is 0 Å². The van der Waals surface area contributed by atoms with Crippen molar-refractivity contribution >= 4 is 11.5 Å². The number of aliphatic carboxylic acids is 1. The van der Waals surface area contributed by atoms with Crippen LogP contribution in [0.5, 0.6) is 11.5 Å². The Kier molecular flexibility index (Phi) is 4.33. The molecule has 0 unspecified atom stereocenters. The van der Waals surface area contributed by atoms with Gasteiger partial charge in [-0.1, -0.05) is 6.07 Å². The molecule has 0 aliphatic carbocycles. The predicted molar refractivity (Wildman–Crippen MR) is 65.4 cm³/mol. The van der Waals surface area contributed by atoms with Crippen LogP contribution in [0.15, 0.2) is 23.8 Å². The Balaban J connectivity index is 3.35. The van der Waals surface area contributed by atoms with Crippen molar-refractivity contribution in [1.82, 2.24) is 0 Å². The first-order valence-electron chi connectivity index (χ1n) is 5.11. The quantitative estimate of drug-likeness (QED) is 0.651. The van der Waals surface area contributed by atoms with E-state index in [4.69, 9.17) is 19.8 Å². The van der Waals surface area contributed by atoms with Crippen molar-refractivity contribution in [2.45, 2.75) is 6.92 Å². The van der Waals surface area contributed by atoms with Crippen LogP contribution in [-0.4, -0.2) is 25.3 Å². The normalized spacial score (nSPS) is 11.2. The highest BCUT2D eigenvalue weighted by Crippen LogP contribution is 2.31. The van der Waals surface area contributed by atoms with E-state index in [0.717, 1.165) is 0 Å². The predicted octanol–water partition coefficient (Wildman–Crippen LogP) is 2.09. The molecule has 0 aliphatic rings. The van der Waals surface area contributed by atoms with E-state index in [0.29, 0.717) is 22.6 Å². The fourth-order valence-electron chi connectivity index (χ4n) is 1.51. The summed E-state index contributed by atoms with van der Waals surface area (Å²) in [5.74, 6) is -0.218. The van der Waals surface area contributed by atoms with E-state index in [1.54, 1.807) is 31.2 Å². The summed E-state index contributed by atoms with van der Waals surface area (Å²) >= 11 is 0. The molecule has 1 N–H and O–H groups in total. The molecule has 0 aliphatic heterocycles. The van der Waals surface area contributed by atoms with E-state index in [-0.39, 0.29) is 5.57 Å². The van der Waals surface area contributed by atoms with Gasteiger partial charge in [-0.15, -0.1) is 0 Å². The lowest BCUT2D eigenvalue weighted by atomic mass is 10.0. The van der Waals surface area contributed by atoms with Gasteiger partial charge in [-0.3, -0.25) is 0 Å². The Morgan fingerprint density at radius 2 is 1.89 bits per heavy atom. The van der Waals surface area contributed by atoms with Gasteiger partial charge in [0, 0.05) is 0 Å². The maximum absolute atomic E-state index is 10.9. The number of nitrogens with zero attached hydrogens (tertiary/aromatic N) is 1. The molecule has 0 aromatic heterocycles. The first kappa shape index (κ1) is 13.6. The SMILES string of the molecule is COc1ccc(C(C)=C(C#N)C(=O)O)cc1OC. The van der Waals surface area contributed by atoms with Gasteiger partial charge in [-0.25, -0.2) is 4.79 Å². The van der Waals surface area contributed by atoms with Gasteiger partial charge in [0.15, 0.2) is 11.5 Å². The molecule has 1 rings (SSSR count). The maximum atomic E-state index is 10.9. The molecule has 1 aromatic rings. The molecule has 94 valence electrons. The molecular weight excluding hydrogens is 234 g/mol. The summed E-state index contributed by atoms with van der Waals surface area (Å²) in [6.45, 7) is 1.58. The molecule has 5 heteroatoms. The summed E-state index contributed by atoms with van der Waals surface area (Å²) in [6, 6.07) is 6.65. The number of hydrogen-bond donors (Lipinski definition) is 1. The Bertz CT molecular complexity index is 540. The van der Waals surface area contributed by atoms with Gasteiger partial charge in [-0.2, -0.15) is 5.26 Å². The number of hydrogen-bond acceptors (Lipinski definition) is 4. The number of rotatable bonds is 4. The number of carboxylic acid groups (broad SMARTS) is 1. The Labute approximate surface area is 105 Å². The zero-order valence-electron chi connectivity index (χ0n) is 10.4. The van der Waals surface area contributed by atoms with E-state index >= 15 is 0 Å². The highest BCUT2D eigenvalue weighted by atomic mass is 16.5. The average molecular weight is 247 g/mol. The van der Waals surface area contributed by atoms with Crippen LogP contribution in [0, 0.1) is 11.3 Å². The Hall–Kier alpha value is -2.48. The summed E-state index contributed by atoms with van der Waals surface area (Å²) in [5, 5.41) is 17.7. The molecular formula is C13H13NO4. The van der Waals surface area contributed by atoms with Crippen LogP contribution in [-0.2, 0) is 4.79 Å². The van der Waals surface area contributed by atoms with Crippen LogP contribution in [0.2, 0.25) is 0 Å².